The summed E-state index contributed by atoms with van der Waals surface area (Å²) >= 11 is 0. The van der Waals surface area contributed by atoms with Crippen molar-refractivity contribution < 1.29 is 14.2 Å². The van der Waals surface area contributed by atoms with Crippen LogP contribution in [0.15, 0.2) is 6.07 Å². The van der Waals surface area contributed by atoms with Crippen LogP contribution in [-0.2, 0) is 0 Å². The van der Waals surface area contributed by atoms with Crippen molar-refractivity contribution >= 4 is 11.8 Å². The van der Waals surface area contributed by atoms with Gasteiger partial charge in [0.25, 0.3) is 0 Å². The van der Waals surface area contributed by atoms with Crippen molar-refractivity contribution in [2.24, 2.45) is 0 Å². The van der Waals surface area contributed by atoms with E-state index in [0.717, 1.165) is 19.3 Å². The van der Waals surface area contributed by atoms with Crippen molar-refractivity contribution in [3.63, 3.8) is 0 Å². The van der Waals surface area contributed by atoms with Crippen LogP contribution >= 0.6 is 0 Å². The van der Waals surface area contributed by atoms with E-state index in [9.17, 15) is 15.6 Å². The molecule has 1 aromatic rings. The summed E-state index contributed by atoms with van der Waals surface area (Å²) < 4.78 is 4.44. The maximum atomic E-state index is 12.6. The lowest BCUT2D eigenvalue weighted by molar-refractivity contribution is -0.717. The Hall–Kier alpha value is -1.80. The Bertz CT molecular complexity index is 460. The average molecular weight is 256 g/mol. The van der Waals surface area contributed by atoms with Gasteiger partial charge in [-0.3, -0.25) is 4.65 Å². The van der Waals surface area contributed by atoms with E-state index in [0.29, 0.717) is 13.1 Å². The zero-order valence-corrected chi connectivity index (χ0v) is 10.2. The van der Waals surface area contributed by atoms with Crippen LogP contribution in [0.2, 0.25) is 0 Å². The molecule has 0 aliphatic carbocycles. The van der Waals surface area contributed by atoms with Crippen LogP contribution < -0.4 is 24.6 Å². The smallest absolute Gasteiger partial charge is 0.543 e. The number of aromatic nitrogens is 2. The van der Waals surface area contributed by atoms with Crippen LogP contribution in [0.5, 0.6) is 5.88 Å². The number of piperidine rings is 1. The summed E-state index contributed by atoms with van der Waals surface area (Å²) in [5, 5.41) is 35.9. The average Bonchev–Trinajstić information content (AvgIpc) is 2.37. The molecule has 0 atom stereocenters. The fraction of sp³-hybridized carbons (Fsp3) is 0.600. The SMILES string of the molecule is COc1cc([N+]2([O-])CCCCC2)[n+]([O-])c(N)[n+]1[O-]. The van der Waals surface area contributed by atoms with Gasteiger partial charge in [0.1, 0.15) is 6.07 Å². The number of rotatable bonds is 2. The molecule has 1 aliphatic rings. The van der Waals surface area contributed by atoms with Gasteiger partial charge in [-0.15, -0.1) is 4.73 Å². The number of methoxy groups -OCH3 is 1. The van der Waals surface area contributed by atoms with Crippen molar-refractivity contribution in [3.05, 3.63) is 21.7 Å². The van der Waals surface area contributed by atoms with Gasteiger partial charge in [0.2, 0.25) is 0 Å². The monoisotopic (exact) mass is 256 g/mol. The lowest BCUT2D eigenvalue weighted by Gasteiger charge is -2.42. The summed E-state index contributed by atoms with van der Waals surface area (Å²) in [6, 6.07) is 1.18. The van der Waals surface area contributed by atoms with E-state index < -0.39 is 10.6 Å². The Morgan fingerprint density at radius 3 is 2.39 bits per heavy atom. The minimum absolute atomic E-state index is 0.0869. The fourth-order valence-corrected chi connectivity index (χ4v) is 2.22. The molecule has 1 aromatic heterocycles. The lowest BCUT2D eigenvalue weighted by Crippen LogP contribution is -2.57. The van der Waals surface area contributed by atoms with E-state index in [1.54, 1.807) is 0 Å². The molecule has 0 saturated carbocycles. The molecule has 0 amide bonds. The number of nitrogen functional groups attached to an aromatic ring is 1. The molecule has 0 spiro atoms. The van der Waals surface area contributed by atoms with Crippen molar-refractivity contribution in [3.8, 4) is 5.88 Å². The number of ether oxygens (including phenoxy) is 1. The molecule has 8 heteroatoms. The Labute approximate surface area is 104 Å². The van der Waals surface area contributed by atoms with Crippen molar-refractivity contribution in [2.45, 2.75) is 19.3 Å². The molecule has 0 unspecified atom stereocenters. The van der Waals surface area contributed by atoms with Gasteiger partial charge in [0.05, 0.1) is 20.2 Å². The quantitative estimate of drug-likeness (QED) is 0.437. The number of quaternary nitrogens is 1. The van der Waals surface area contributed by atoms with Gasteiger partial charge >= 0.3 is 17.6 Å². The van der Waals surface area contributed by atoms with Crippen LogP contribution in [-0.4, -0.2) is 20.2 Å². The third-order valence-corrected chi connectivity index (χ3v) is 3.24. The van der Waals surface area contributed by atoms with Crippen LogP contribution in [0.3, 0.4) is 0 Å². The summed E-state index contributed by atoms with van der Waals surface area (Å²) in [7, 11) is 1.29. The summed E-state index contributed by atoms with van der Waals surface area (Å²) in [6.07, 6.45) is 2.47. The van der Waals surface area contributed by atoms with E-state index in [1.807, 2.05) is 0 Å². The van der Waals surface area contributed by atoms with E-state index in [4.69, 9.17) is 10.5 Å². The van der Waals surface area contributed by atoms with Crippen molar-refractivity contribution in [2.75, 3.05) is 25.9 Å². The maximum Gasteiger partial charge on any atom is 0.543 e. The summed E-state index contributed by atoms with van der Waals surface area (Å²) in [6.45, 7) is 0.626. The van der Waals surface area contributed by atoms with Crippen LogP contribution in [0.4, 0.5) is 11.8 Å². The second-order valence-electron chi connectivity index (χ2n) is 4.39. The molecule has 1 fully saturated rings. The minimum atomic E-state index is -0.759. The predicted molar refractivity (Wildman–Crippen MR) is 64.1 cm³/mol. The third-order valence-electron chi connectivity index (χ3n) is 3.24. The Balaban J connectivity index is 2.53. The number of hydrogen-bond acceptors (Lipinski definition) is 5. The Morgan fingerprint density at radius 1 is 1.22 bits per heavy atom. The molecule has 2 heterocycles. The zero-order valence-electron chi connectivity index (χ0n) is 10.2. The number of hydrogen-bond donors (Lipinski definition) is 1. The van der Waals surface area contributed by atoms with Gasteiger partial charge in [0.15, 0.2) is 0 Å². The second-order valence-corrected chi connectivity index (χ2v) is 4.39. The van der Waals surface area contributed by atoms with E-state index in [-0.39, 0.29) is 21.2 Å². The predicted octanol–water partition coefficient (Wildman–Crippen LogP) is -0.467. The summed E-state index contributed by atoms with van der Waals surface area (Å²) in [5.74, 6) is -0.826. The molecular weight excluding hydrogens is 240 g/mol. The Kier molecular flexibility index (Phi) is 3.14. The van der Waals surface area contributed by atoms with Crippen LogP contribution in [0.1, 0.15) is 19.3 Å². The molecule has 0 bridgehead atoms. The van der Waals surface area contributed by atoms with Crippen LogP contribution in [0, 0.1) is 15.6 Å². The fourth-order valence-electron chi connectivity index (χ4n) is 2.22. The van der Waals surface area contributed by atoms with Gasteiger partial charge in [-0.2, -0.15) is 0 Å². The molecule has 0 radical (unpaired) electrons. The normalized spacial score (nSPS) is 18.6. The summed E-state index contributed by atoms with van der Waals surface area (Å²) in [5.41, 5.74) is 5.40. The summed E-state index contributed by atoms with van der Waals surface area (Å²) in [4.78, 5) is 0. The molecular formula is C10H16N4O4. The molecule has 0 aromatic carbocycles. The first-order chi connectivity index (χ1) is 8.49. The molecule has 100 valence electrons. The molecule has 2 N–H and O–H groups in total. The third kappa shape index (κ3) is 1.89. The lowest BCUT2D eigenvalue weighted by atomic mass is 10.1. The molecule has 8 nitrogen and oxygen atoms in total. The first kappa shape index (κ1) is 12.7. The first-order valence-corrected chi connectivity index (χ1v) is 5.78. The number of anilines is 1. The topological polar surface area (TPSA) is 112 Å². The van der Waals surface area contributed by atoms with Gasteiger partial charge < -0.3 is 20.4 Å². The van der Waals surface area contributed by atoms with Crippen molar-refractivity contribution in [1.29, 1.82) is 0 Å². The number of nitrogens with zero attached hydrogens (tertiary/aromatic N) is 3. The highest BCUT2D eigenvalue weighted by Gasteiger charge is 2.34. The molecule has 1 aliphatic heterocycles. The number of nitrogens with two attached hydrogens (primary N) is 1. The van der Waals surface area contributed by atoms with E-state index >= 15 is 0 Å². The first-order valence-electron chi connectivity index (χ1n) is 5.78. The van der Waals surface area contributed by atoms with Crippen LogP contribution in [0.25, 0.3) is 0 Å². The minimum Gasteiger partial charge on any atom is -0.673 e. The maximum absolute atomic E-state index is 12.6. The highest BCUT2D eigenvalue weighted by molar-refractivity contribution is 5.34. The largest absolute Gasteiger partial charge is 0.673 e. The standard InChI is InChI=1S/C10H16N4O4/c1-18-9-7-8(12(15)10(11)13(9)16)14(17)5-3-2-4-6-14/h7H,2-6,11H2,1H3. The zero-order chi connectivity index (χ0) is 13.3. The number of hydroxylamine groups is 2. The van der Waals surface area contributed by atoms with Crippen molar-refractivity contribution in [1.82, 2.24) is 4.65 Å². The van der Waals surface area contributed by atoms with Gasteiger partial charge in [-0.25, -0.2) is 5.73 Å². The second kappa shape index (κ2) is 4.46. The molecule has 1 saturated heterocycles. The molecule has 2 rings (SSSR count). The highest BCUT2D eigenvalue weighted by Crippen LogP contribution is 2.26. The van der Waals surface area contributed by atoms with Gasteiger partial charge in [-0.1, -0.05) is 4.73 Å². The van der Waals surface area contributed by atoms with Gasteiger partial charge in [0, 0.05) is 0 Å². The van der Waals surface area contributed by atoms with E-state index in [1.165, 1.54) is 13.2 Å². The van der Waals surface area contributed by atoms with E-state index in [2.05, 4.69) is 0 Å². The van der Waals surface area contributed by atoms with Gasteiger partial charge in [-0.05, 0) is 19.3 Å². The Morgan fingerprint density at radius 2 is 1.83 bits per heavy atom. The highest BCUT2D eigenvalue weighted by atomic mass is 16.6. The molecule has 18 heavy (non-hydrogen) atoms.